The molecular formula is C7H9F3N2. The maximum atomic E-state index is 12.8. The number of nitrogens with zero attached hydrogens (tertiary/aromatic N) is 2. The van der Waals surface area contributed by atoms with Crippen molar-refractivity contribution in [2.75, 3.05) is 0 Å². The second-order valence-corrected chi connectivity index (χ2v) is 3.48. The normalized spacial score (nSPS) is 12.2. The first-order valence-corrected chi connectivity index (χ1v) is 3.44. The predicted octanol–water partition coefficient (Wildman–Crippen LogP) is 2.06. The molecule has 0 saturated carbocycles. The lowest BCUT2D eigenvalue weighted by Crippen LogP contribution is -2.25. The van der Waals surface area contributed by atoms with Crippen LogP contribution in [0.5, 0.6) is 0 Å². The average Bonchev–Trinajstić information content (AvgIpc) is 2.15. The zero-order valence-electron chi connectivity index (χ0n) is 7.03. The van der Waals surface area contributed by atoms with E-state index < -0.39 is 23.3 Å². The second kappa shape index (κ2) is 2.50. The maximum absolute atomic E-state index is 12.8. The SMILES string of the molecule is CC(C)(C)n1nc(F)c(F)c1F. The quantitative estimate of drug-likeness (QED) is 0.594. The van der Waals surface area contributed by atoms with Gasteiger partial charge >= 0.3 is 0 Å². The number of aromatic nitrogens is 2. The van der Waals surface area contributed by atoms with Crippen molar-refractivity contribution in [3.05, 3.63) is 17.7 Å². The number of halogens is 3. The molecule has 0 aromatic carbocycles. The smallest absolute Gasteiger partial charge is 0.229 e. The third-order valence-corrected chi connectivity index (χ3v) is 1.37. The molecule has 0 amide bonds. The Morgan fingerprint density at radius 2 is 1.67 bits per heavy atom. The van der Waals surface area contributed by atoms with Crippen LogP contribution in [0.25, 0.3) is 0 Å². The summed E-state index contributed by atoms with van der Waals surface area (Å²) in [5.41, 5.74) is -0.755. The first-order valence-electron chi connectivity index (χ1n) is 3.44. The van der Waals surface area contributed by atoms with Crippen molar-refractivity contribution in [2.24, 2.45) is 0 Å². The molecule has 0 aliphatic rings. The van der Waals surface area contributed by atoms with E-state index in [-0.39, 0.29) is 0 Å². The lowest BCUT2D eigenvalue weighted by Gasteiger charge is -2.18. The maximum Gasteiger partial charge on any atom is 0.271 e. The molecule has 0 fully saturated rings. The predicted molar refractivity (Wildman–Crippen MR) is 37.1 cm³/mol. The minimum absolute atomic E-state index is 0.678. The zero-order valence-corrected chi connectivity index (χ0v) is 7.03. The van der Waals surface area contributed by atoms with Crippen LogP contribution in [-0.2, 0) is 5.54 Å². The first-order chi connectivity index (χ1) is 5.34. The Labute approximate surface area is 68.0 Å². The Balaban J connectivity index is 3.28. The van der Waals surface area contributed by atoms with E-state index in [1.165, 1.54) is 0 Å². The highest BCUT2D eigenvalue weighted by Crippen LogP contribution is 2.18. The Kier molecular flexibility index (Phi) is 1.89. The summed E-state index contributed by atoms with van der Waals surface area (Å²) in [6.45, 7) is 4.80. The molecule has 1 aromatic rings. The Morgan fingerprint density at radius 1 is 1.17 bits per heavy atom. The van der Waals surface area contributed by atoms with Gasteiger partial charge in [-0.3, -0.25) is 0 Å². The van der Waals surface area contributed by atoms with E-state index in [4.69, 9.17) is 0 Å². The molecule has 12 heavy (non-hydrogen) atoms. The fraction of sp³-hybridized carbons (Fsp3) is 0.571. The van der Waals surface area contributed by atoms with Crippen molar-refractivity contribution in [2.45, 2.75) is 26.3 Å². The minimum Gasteiger partial charge on any atom is -0.229 e. The van der Waals surface area contributed by atoms with E-state index in [2.05, 4.69) is 5.10 Å². The molecule has 0 saturated heterocycles. The van der Waals surface area contributed by atoms with Gasteiger partial charge in [-0.05, 0) is 20.8 Å². The molecule has 0 atom stereocenters. The molecule has 1 rings (SSSR count). The number of rotatable bonds is 0. The van der Waals surface area contributed by atoms with Crippen molar-refractivity contribution in [1.82, 2.24) is 9.78 Å². The fourth-order valence-electron chi connectivity index (χ4n) is 0.798. The van der Waals surface area contributed by atoms with Crippen molar-refractivity contribution >= 4 is 0 Å². The van der Waals surface area contributed by atoms with E-state index in [1.54, 1.807) is 20.8 Å². The molecule has 2 nitrogen and oxygen atoms in total. The molecule has 1 aromatic heterocycles. The first kappa shape index (κ1) is 9.09. The number of hydrogen-bond acceptors (Lipinski definition) is 1. The van der Waals surface area contributed by atoms with Gasteiger partial charge in [-0.1, -0.05) is 0 Å². The van der Waals surface area contributed by atoms with Crippen LogP contribution in [0.1, 0.15) is 20.8 Å². The number of hydrogen-bond donors (Lipinski definition) is 0. The van der Waals surface area contributed by atoms with E-state index in [0.717, 1.165) is 0 Å². The summed E-state index contributed by atoms with van der Waals surface area (Å²) in [6, 6.07) is 0. The van der Waals surface area contributed by atoms with Gasteiger partial charge in [0.1, 0.15) is 0 Å². The highest BCUT2D eigenvalue weighted by atomic mass is 19.2. The van der Waals surface area contributed by atoms with Crippen LogP contribution in [0.3, 0.4) is 0 Å². The van der Waals surface area contributed by atoms with Gasteiger partial charge < -0.3 is 0 Å². The van der Waals surface area contributed by atoms with Gasteiger partial charge in [0, 0.05) is 0 Å². The van der Waals surface area contributed by atoms with Crippen LogP contribution in [0, 0.1) is 17.7 Å². The van der Waals surface area contributed by atoms with Crippen LogP contribution < -0.4 is 0 Å². The van der Waals surface area contributed by atoms with Gasteiger partial charge in [-0.15, -0.1) is 5.10 Å². The third kappa shape index (κ3) is 1.31. The van der Waals surface area contributed by atoms with Gasteiger partial charge in [0.2, 0.25) is 5.82 Å². The highest BCUT2D eigenvalue weighted by Gasteiger charge is 2.25. The summed E-state index contributed by atoms with van der Waals surface area (Å²) >= 11 is 0. The van der Waals surface area contributed by atoms with Gasteiger partial charge in [0.15, 0.2) is 0 Å². The van der Waals surface area contributed by atoms with Crippen molar-refractivity contribution in [1.29, 1.82) is 0 Å². The third-order valence-electron chi connectivity index (χ3n) is 1.37. The van der Waals surface area contributed by atoms with Gasteiger partial charge in [-0.2, -0.15) is 13.2 Å². The summed E-state index contributed by atoms with van der Waals surface area (Å²) in [6.07, 6.45) is 0. The minimum atomic E-state index is -1.52. The van der Waals surface area contributed by atoms with Crippen molar-refractivity contribution < 1.29 is 13.2 Å². The summed E-state index contributed by atoms with van der Waals surface area (Å²) in [5.74, 6) is -4.19. The van der Waals surface area contributed by atoms with Gasteiger partial charge in [-0.25, -0.2) is 4.68 Å². The van der Waals surface area contributed by atoms with Crippen LogP contribution in [0.15, 0.2) is 0 Å². The molecule has 68 valence electrons. The lowest BCUT2D eigenvalue weighted by molar-refractivity contribution is 0.287. The Bertz CT molecular complexity index is 298. The molecule has 0 radical (unpaired) electrons. The molecule has 0 unspecified atom stereocenters. The standard InChI is InChI=1S/C7H9F3N2/c1-7(2,3)12-6(10)4(8)5(9)11-12/h1-3H3. The average molecular weight is 178 g/mol. The summed E-state index contributed by atoms with van der Waals surface area (Å²) in [7, 11) is 0. The Morgan fingerprint density at radius 3 is 1.83 bits per heavy atom. The van der Waals surface area contributed by atoms with E-state index in [1.807, 2.05) is 0 Å². The van der Waals surface area contributed by atoms with E-state index in [9.17, 15) is 13.2 Å². The lowest BCUT2D eigenvalue weighted by atomic mass is 10.1. The van der Waals surface area contributed by atoms with E-state index >= 15 is 0 Å². The molecule has 1 heterocycles. The van der Waals surface area contributed by atoms with Crippen LogP contribution in [-0.4, -0.2) is 9.78 Å². The highest BCUT2D eigenvalue weighted by molar-refractivity contribution is 4.94. The molecule has 0 spiro atoms. The summed E-state index contributed by atoms with van der Waals surface area (Å²) in [4.78, 5) is 0. The zero-order chi connectivity index (χ0) is 9.52. The van der Waals surface area contributed by atoms with Gasteiger partial charge in [0.05, 0.1) is 5.54 Å². The van der Waals surface area contributed by atoms with E-state index in [0.29, 0.717) is 4.68 Å². The fourth-order valence-corrected chi connectivity index (χ4v) is 0.798. The monoisotopic (exact) mass is 178 g/mol. The van der Waals surface area contributed by atoms with Crippen LogP contribution >= 0.6 is 0 Å². The molecule has 0 N–H and O–H groups in total. The Hall–Kier alpha value is -1.00. The summed E-state index contributed by atoms with van der Waals surface area (Å²) < 4.78 is 38.3. The van der Waals surface area contributed by atoms with Crippen LogP contribution in [0.4, 0.5) is 13.2 Å². The molecule has 5 heteroatoms. The van der Waals surface area contributed by atoms with Crippen molar-refractivity contribution in [3.8, 4) is 0 Å². The summed E-state index contributed by atoms with van der Waals surface area (Å²) in [5, 5.41) is 3.08. The largest absolute Gasteiger partial charge is 0.271 e. The molecule has 0 aliphatic carbocycles. The van der Waals surface area contributed by atoms with Crippen LogP contribution in [0.2, 0.25) is 0 Å². The molecule has 0 aliphatic heterocycles. The molecule has 0 bridgehead atoms. The van der Waals surface area contributed by atoms with Crippen molar-refractivity contribution in [3.63, 3.8) is 0 Å². The van der Waals surface area contributed by atoms with Gasteiger partial charge in [0.25, 0.3) is 11.9 Å². The second-order valence-electron chi connectivity index (χ2n) is 3.48. The molecular weight excluding hydrogens is 169 g/mol. The topological polar surface area (TPSA) is 17.8 Å².